The lowest BCUT2D eigenvalue weighted by atomic mass is 9.94. The number of carbonyl (C=O) groups excluding carboxylic acids is 3. The van der Waals surface area contributed by atoms with Gasteiger partial charge >= 0.3 is 5.97 Å². The van der Waals surface area contributed by atoms with Crippen LogP contribution in [-0.2, 0) is 38.4 Å². The maximum Gasteiger partial charge on any atom is 0.309 e. The Labute approximate surface area is 287 Å². The first-order chi connectivity index (χ1) is 23.8. The van der Waals surface area contributed by atoms with Gasteiger partial charge in [-0.05, 0) is 73.4 Å². The third-order valence-electron chi connectivity index (χ3n) is 8.53. The fourth-order valence-corrected chi connectivity index (χ4v) is 5.92. The Hall–Kier alpha value is -5.02. The standard InChI is InChI=1S/C40H46FN3O5/c1-3-5-14-31(21-29-17-19-33(41)20-18-29)40(48)49-27-35(23-32-25-42-37-16-10-9-15-36(32)37)44-39(47)30(11-4-2)24-38(46)43-34(26-45)22-28-12-7-6-8-13-28/h3-4,6-10,12-13,15-20,25,30-31,34-35,42,45H,1-2,5,11,14,21-24,26-27H2,(H,43,46)(H,44,47)/t30-,31-,34+,35+/m0/s1. The summed E-state index contributed by atoms with van der Waals surface area (Å²) in [7, 11) is 0. The summed E-state index contributed by atoms with van der Waals surface area (Å²) in [6.07, 6.45) is 7.67. The molecule has 0 radical (unpaired) electrons. The van der Waals surface area contributed by atoms with Gasteiger partial charge in [-0.3, -0.25) is 14.4 Å². The number of halogens is 1. The highest BCUT2D eigenvalue weighted by Gasteiger charge is 2.27. The smallest absolute Gasteiger partial charge is 0.309 e. The number of hydrogen-bond donors (Lipinski definition) is 4. The van der Waals surface area contributed by atoms with Crippen molar-refractivity contribution in [3.05, 3.63) is 133 Å². The molecule has 1 aromatic heterocycles. The van der Waals surface area contributed by atoms with Crippen LogP contribution in [0.25, 0.3) is 10.9 Å². The molecular weight excluding hydrogens is 621 g/mol. The predicted molar refractivity (Wildman–Crippen MR) is 190 cm³/mol. The van der Waals surface area contributed by atoms with Gasteiger partial charge in [0.1, 0.15) is 12.4 Å². The SMILES string of the molecule is C=CCC[C@@H](Cc1ccc(F)cc1)C(=O)OC[C@@H](Cc1c[nH]c2ccccc12)NC(=O)[C@@H](CC=C)CC(=O)N[C@@H](CO)Cc1ccccc1. The second kappa shape index (κ2) is 19.1. The van der Waals surface area contributed by atoms with E-state index in [4.69, 9.17) is 4.74 Å². The quantitative estimate of drug-likeness (QED) is 0.0681. The summed E-state index contributed by atoms with van der Waals surface area (Å²) in [6.45, 7) is 7.23. The number of rotatable bonds is 20. The average Bonchev–Trinajstić information content (AvgIpc) is 3.52. The van der Waals surface area contributed by atoms with Gasteiger partial charge < -0.3 is 25.5 Å². The minimum absolute atomic E-state index is 0.0885. The first-order valence-corrected chi connectivity index (χ1v) is 16.7. The normalized spacial score (nSPS) is 13.5. The van der Waals surface area contributed by atoms with Crippen LogP contribution < -0.4 is 10.6 Å². The molecule has 3 aromatic carbocycles. The molecule has 0 saturated carbocycles. The second-order valence-corrected chi connectivity index (χ2v) is 12.4. The number of allylic oxidation sites excluding steroid dienone is 2. The van der Waals surface area contributed by atoms with Crippen molar-refractivity contribution in [2.75, 3.05) is 13.2 Å². The number of aliphatic hydroxyl groups is 1. The number of aliphatic hydroxyl groups excluding tert-OH is 1. The highest BCUT2D eigenvalue weighted by molar-refractivity contribution is 5.87. The molecule has 1 heterocycles. The molecule has 0 aliphatic carbocycles. The lowest BCUT2D eigenvalue weighted by Crippen LogP contribution is -2.45. The fourth-order valence-electron chi connectivity index (χ4n) is 5.92. The molecule has 0 unspecified atom stereocenters. The summed E-state index contributed by atoms with van der Waals surface area (Å²) >= 11 is 0. The maximum atomic E-state index is 13.7. The summed E-state index contributed by atoms with van der Waals surface area (Å²) in [5.74, 6) is -2.71. The molecule has 0 aliphatic rings. The third kappa shape index (κ3) is 11.6. The van der Waals surface area contributed by atoms with E-state index in [0.29, 0.717) is 32.1 Å². The van der Waals surface area contributed by atoms with Gasteiger partial charge in [0.15, 0.2) is 0 Å². The number of aromatic nitrogens is 1. The zero-order valence-corrected chi connectivity index (χ0v) is 27.8. The molecule has 4 aromatic rings. The molecule has 0 spiro atoms. The van der Waals surface area contributed by atoms with Gasteiger partial charge in [-0.2, -0.15) is 0 Å². The molecule has 8 nitrogen and oxygen atoms in total. The van der Waals surface area contributed by atoms with E-state index < -0.39 is 29.9 Å². The zero-order valence-electron chi connectivity index (χ0n) is 27.8. The molecule has 0 aliphatic heterocycles. The molecule has 9 heteroatoms. The van der Waals surface area contributed by atoms with Crippen molar-refractivity contribution in [2.45, 2.75) is 57.0 Å². The number of carbonyl (C=O) groups is 3. The van der Waals surface area contributed by atoms with E-state index in [1.54, 1.807) is 24.3 Å². The van der Waals surface area contributed by atoms with Crippen LogP contribution in [0.1, 0.15) is 42.4 Å². The fraction of sp³-hybridized carbons (Fsp3) is 0.325. The van der Waals surface area contributed by atoms with Crippen LogP contribution in [0.2, 0.25) is 0 Å². The number of aromatic amines is 1. The summed E-state index contributed by atoms with van der Waals surface area (Å²) in [5.41, 5.74) is 3.67. The van der Waals surface area contributed by atoms with Gasteiger partial charge in [0.05, 0.1) is 30.5 Å². The zero-order chi connectivity index (χ0) is 35.0. The van der Waals surface area contributed by atoms with Crippen molar-refractivity contribution in [3.63, 3.8) is 0 Å². The van der Waals surface area contributed by atoms with E-state index in [0.717, 1.165) is 27.6 Å². The maximum absolute atomic E-state index is 13.7. The molecule has 0 saturated heterocycles. The van der Waals surface area contributed by atoms with Crippen LogP contribution >= 0.6 is 0 Å². The number of hydrogen-bond acceptors (Lipinski definition) is 5. The number of para-hydroxylation sites is 1. The van der Waals surface area contributed by atoms with Crippen LogP contribution in [0.5, 0.6) is 0 Å². The van der Waals surface area contributed by atoms with Gasteiger partial charge in [-0.25, -0.2) is 4.39 Å². The molecular formula is C40H46FN3O5. The Morgan fingerprint density at radius 2 is 1.55 bits per heavy atom. The molecule has 49 heavy (non-hydrogen) atoms. The van der Waals surface area contributed by atoms with Crippen LogP contribution in [0.15, 0.2) is 110 Å². The summed E-state index contributed by atoms with van der Waals surface area (Å²) in [5, 5.41) is 16.8. The monoisotopic (exact) mass is 667 g/mol. The predicted octanol–water partition coefficient (Wildman–Crippen LogP) is 6.00. The van der Waals surface area contributed by atoms with Gasteiger partial charge in [-0.15, -0.1) is 13.2 Å². The first kappa shape index (κ1) is 36.8. The highest BCUT2D eigenvalue weighted by atomic mass is 19.1. The number of H-pyrrole nitrogens is 1. The second-order valence-electron chi connectivity index (χ2n) is 12.4. The number of esters is 1. The summed E-state index contributed by atoms with van der Waals surface area (Å²) in [4.78, 5) is 43.5. The molecule has 0 bridgehead atoms. The molecule has 4 rings (SSSR count). The van der Waals surface area contributed by atoms with Gasteiger partial charge in [0.2, 0.25) is 11.8 Å². The molecule has 4 N–H and O–H groups in total. The minimum atomic E-state index is -0.728. The van der Waals surface area contributed by atoms with Crippen molar-refractivity contribution in [3.8, 4) is 0 Å². The van der Waals surface area contributed by atoms with Crippen molar-refractivity contribution < 1.29 is 28.6 Å². The average molecular weight is 668 g/mol. The Morgan fingerprint density at radius 3 is 2.27 bits per heavy atom. The van der Waals surface area contributed by atoms with Crippen LogP contribution in [0.4, 0.5) is 4.39 Å². The molecule has 0 fully saturated rings. The van der Waals surface area contributed by atoms with Crippen molar-refractivity contribution >= 4 is 28.7 Å². The number of nitrogens with one attached hydrogen (secondary N) is 3. The van der Waals surface area contributed by atoms with E-state index in [1.807, 2.05) is 60.8 Å². The number of fused-ring (bicyclic) bond motifs is 1. The highest BCUT2D eigenvalue weighted by Crippen LogP contribution is 2.21. The van der Waals surface area contributed by atoms with Crippen molar-refractivity contribution in [1.82, 2.24) is 15.6 Å². The van der Waals surface area contributed by atoms with Gasteiger partial charge in [0.25, 0.3) is 0 Å². The van der Waals surface area contributed by atoms with E-state index in [2.05, 4.69) is 28.8 Å². The third-order valence-corrected chi connectivity index (χ3v) is 8.53. The van der Waals surface area contributed by atoms with E-state index in [9.17, 15) is 23.9 Å². The van der Waals surface area contributed by atoms with Crippen LogP contribution in [0, 0.1) is 17.7 Å². The van der Waals surface area contributed by atoms with E-state index in [1.165, 1.54) is 12.1 Å². The topological polar surface area (TPSA) is 121 Å². The largest absolute Gasteiger partial charge is 0.463 e. The Bertz CT molecular complexity index is 1670. The number of benzene rings is 3. The van der Waals surface area contributed by atoms with Crippen molar-refractivity contribution in [1.29, 1.82) is 0 Å². The molecule has 4 atom stereocenters. The summed E-state index contributed by atoms with van der Waals surface area (Å²) < 4.78 is 19.4. The van der Waals surface area contributed by atoms with Crippen molar-refractivity contribution in [2.24, 2.45) is 11.8 Å². The lowest BCUT2D eigenvalue weighted by Gasteiger charge is -2.24. The van der Waals surface area contributed by atoms with Gasteiger partial charge in [0, 0.05) is 23.5 Å². The Balaban J connectivity index is 1.46. The Kier molecular flexibility index (Phi) is 14.3. The number of amides is 2. The number of ether oxygens (including phenoxy) is 1. The first-order valence-electron chi connectivity index (χ1n) is 16.7. The lowest BCUT2D eigenvalue weighted by molar-refractivity contribution is -0.150. The molecule has 2 amide bonds. The minimum Gasteiger partial charge on any atom is -0.463 e. The van der Waals surface area contributed by atoms with Crippen LogP contribution in [-0.4, -0.2) is 53.2 Å². The van der Waals surface area contributed by atoms with Crippen LogP contribution in [0.3, 0.4) is 0 Å². The summed E-state index contributed by atoms with van der Waals surface area (Å²) in [6, 6.07) is 22.3. The van der Waals surface area contributed by atoms with E-state index in [-0.39, 0.29) is 43.7 Å². The molecule has 258 valence electrons. The van der Waals surface area contributed by atoms with E-state index >= 15 is 0 Å². The Morgan fingerprint density at radius 1 is 0.837 bits per heavy atom. The van der Waals surface area contributed by atoms with Gasteiger partial charge in [-0.1, -0.05) is 72.8 Å².